The number of hydrogen-bond acceptors (Lipinski definition) is 0. The van der Waals surface area contributed by atoms with Crippen molar-refractivity contribution in [1.29, 1.82) is 0 Å². The van der Waals surface area contributed by atoms with Crippen LogP contribution in [0.1, 0.15) is 523 Å². The van der Waals surface area contributed by atoms with Gasteiger partial charge in [0.05, 0.1) is 0 Å². The van der Waals surface area contributed by atoms with Gasteiger partial charge < -0.3 is 0 Å². The predicted molar refractivity (Wildman–Crippen MR) is 499 cm³/mol. The highest BCUT2D eigenvalue weighted by molar-refractivity contribution is 6.35. The first kappa shape index (κ1) is 77.6. The molecule has 612 valence electrons. The molecule has 116 heavy (non-hydrogen) atoms. The monoisotopic (exact) mass is 1540 g/mol. The zero-order valence-corrected chi connectivity index (χ0v) is 72.6. The van der Waals surface area contributed by atoms with E-state index in [2.05, 4.69) is 97.1 Å². The molecule has 12 saturated carbocycles. The lowest BCUT2D eigenvalue weighted by atomic mass is 9.71. The minimum atomic E-state index is 0.619. The van der Waals surface area contributed by atoms with Gasteiger partial charge in [0.1, 0.15) is 0 Å². The van der Waals surface area contributed by atoms with E-state index in [-0.39, 0.29) is 0 Å². The fourth-order valence-electron chi connectivity index (χ4n) is 29.2. The van der Waals surface area contributed by atoms with Gasteiger partial charge in [0, 0.05) is 0 Å². The van der Waals surface area contributed by atoms with E-state index < -0.39 is 0 Å². The van der Waals surface area contributed by atoms with Crippen LogP contribution in [0.3, 0.4) is 0 Å². The van der Waals surface area contributed by atoms with Crippen LogP contribution in [0.4, 0.5) is 0 Å². The molecule has 0 heterocycles. The maximum Gasteiger partial charge on any atom is -0.00255 e. The fraction of sp³-hybridized carbons (Fsp3) is 0.621. The summed E-state index contributed by atoms with van der Waals surface area (Å²) in [5, 5.41) is 12.5. The third kappa shape index (κ3) is 15.6. The Kier molecular flexibility index (Phi) is 23.7. The summed E-state index contributed by atoms with van der Waals surface area (Å²) >= 11 is 0. The molecule has 0 saturated heterocycles. The van der Waals surface area contributed by atoms with E-state index in [0.29, 0.717) is 71.0 Å². The first-order chi connectivity index (χ1) is 57.5. The van der Waals surface area contributed by atoms with E-state index in [4.69, 9.17) is 0 Å². The minimum Gasteiger partial charge on any atom is -0.0546 e. The molecular weight excluding hydrogens is 1390 g/mol. The summed E-state index contributed by atoms with van der Waals surface area (Å²) in [6.07, 6.45) is 82.8. The standard InChI is InChI=1S/C116H148/c1-13-37-77(38-14-1)89-65-99(81-45-21-5-22-46-81)111(100(66-89)82-47-23-6-24-48-82)95-61-93-62-96(112-101(83-49-25-7-26-50-83)67-90(78-39-15-2-16-40-78)68-102(112)84-51-27-8-28-52-84)75-109-110-76-98(114-105(87-57-33-11-34-58-87)71-92(80-43-19-4-20-44-80)72-106(114)88-59-35-12-36-60-88)64-94-63-97(74-108(116(94)110)107(73-95)115(93)109)113-103(85-53-29-9-30-54-85)69-91(79-41-17-3-18-42-79)70-104(113)86-55-31-10-32-56-86/h61-88H,1-60H2. The lowest BCUT2D eigenvalue weighted by Crippen LogP contribution is -2.14. The van der Waals surface area contributed by atoms with Gasteiger partial charge in [0.25, 0.3) is 0 Å². The molecule has 0 aromatic heterocycles. The zero-order valence-electron chi connectivity index (χ0n) is 72.6. The Morgan fingerprint density at radius 2 is 0.259 bits per heavy atom. The van der Waals surface area contributed by atoms with Crippen LogP contribution < -0.4 is 0 Å². The molecule has 12 fully saturated rings. The predicted octanol–water partition coefficient (Wildman–Crippen LogP) is 37.0. The largest absolute Gasteiger partial charge is 0.0546 e. The smallest absolute Gasteiger partial charge is 0.00255 e. The first-order valence-electron chi connectivity index (χ1n) is 51.5. The molecule has 0 heteroatoms. The normalized spacial score (nSPS) is 23.4. The van der Waals surface area contributed by atoms with Crippen molar-refractivity contribution in [2.45, 2.75) is 456 Å². The molecule has 0 atom stereocenters. The molecule has 12 aliphatic carbocycles. The zero-order chi connectivity index (χ0) is 76.8. The van der Waals surface area contributed by atoms with Gasteiger partial charge in [-0.2, -0.15) is 0 Å². The molecule has 0 unspecified atom stereocenters. The number of benzene rings is 9. The molecule has 0 nitrogen and oxygen atoms in total. The van der Waals surface area contributed by atoms with E-state index in [1.54, 1.807) is 154 Å². The summed E-state index contributed by atoms with van der Waals surface area (Å²) in [5.41, 5.74) is 34.3. The van der Waals surface area contributed by atoms with E-state index >= 15 is 0 Å². The molecule has 12 aliphatic rings. The van der Waals surface area contributed by atoms with Gasteiger partial charge in [-0.15, -0.1) is 0 Å². The topological polar surface area (TPSA) is 0 Å². The van der Waals surface area contributed by atoms with Gasteiger partial charge in [-0.1, -0.05) is 280 Å². The fourth-order valence-corrected chi connectivity index (χ4v) is 29.2. The summed E-state index contributed by atoms with van der Waals surface area (Å²) < 4.78 is 0. The molecular formula is C116H148. The molecule has 0 N–H and O–H groups in total. The summed E-state index contributed by atoms with van der Waals surface area (Å²) in [5.74, 6) is 7.75. The van der Waals surface area contributed by atoms with E-state index in [0.717, 1.165) is 0 Å². The van der Waals surface area contributed by atoms with Gasteiger partial charge in [-0.25, -0.2) is 0 Å². The Morgan fingerprint density at radius 3 is 0.397 bits per heavy atom. The second-order valence-corrected chi connectivity index (χ2v) is 42.6. The van der Waals surface area contributed by atoms with Crippen LogP contribution in [0, 0.1) is 0 Å². The van der Waals surface area contributed by atoms with Crippen LogP contribution in [0.5, 0.6) is 0 Å². The third-order valence-electron chi connectivity index (χ3n) is 35.4. The lowest BCUT2D eigenvalue weighted by Gasteiger charge is -2.34. The highest BCUT2D eigenvalue weighted by atomic mass is 14.4. The molecule has 0 spiro atoms. The van der Waals surface area contributed by atoms with Crippen molar-refractivity contribution < 1.29 is 0 Å². The van der Waals surface area contributed by atoms with E-state index in [1.165, 1.54) is 385 Å². The lowest BCUT2D eigenvalue weighted by molar-refractivity contribution is 0.428. The van der Waals surface area contributed by atoms with Gasteiger partial charge in [0.15, 0.2) is 0 Å². The molecule has 9 aromatic rings. The van der Waals surface area contributed by atoms with Crippen molar-refractivity contribution in [3.63, 3.8) is 0 Å². The van der Waals surface area contributed by atoms with E-state index in [9.17, 15) is 0 Å². The summed E-state index contributed by atoms with van der Waals surface area (Å²) in [7, 11) is 0. The van der Waals surface area contributed by atoms with Crippen molar-refractivity contribution in [2.24, 2.45) is 0 Å². The second-order valence-electron chi connectivity index (χ2n) is 42.6. The van der Waals surface area contributed by atoms with Gasteiger partial charge in [-0.05, 0) is 428 Å². The van der Waals surface area contributed by atoms with Crippen molar-refractivity contribution >= 4 is 43.1 Å². The third-order valence-corrected chi connectivity index (χ3v) is 35.4. The Balaban J connectivity index is 0.918. The van der Waals surface area contributed by atoms with E-state index in [1.807, 2.05) is 0 Å². The van der Waals surface area contributed by atoms with Gasteiger partial charge in [-0.3, -0.25) is 0 Å². The van der Waals surface area contributed by atoms with Crippen molar-refractivity contribution in [3.05, 3.63) is 164 Å². The van der Waals surface area contributed by atoms with Crippen LogP contribution in [-0.4, -0.2) is 0 Å². The van der Waals surface area contributed by atoms with Crippen molar-refractivity contribution in [2.75, 3.05) is 0 Å². The molecule has 21 rings (SSSR count). The second kappa shape index (κ2) is 35.4. The SMILES string of the molecule is c1c(C2CCCCC2)cc(C2CCCCC2)c(-c2cc3cc(-c4c(C5CCCCC5)cc(C5CCCCC5)cc4C4CCCCC4)cc4c5cc(-c6c(C7CCCCC7)cc(C7CCCCC7)cc6C6CCCCC6)cc6cc(-c7c(C8CCCCC8)cc(C8CCCCC8)cc7C7CCCCC7)cc(c(c2)c34)c65)c1C1CCCCC1. The molecule has 0 radical (unpaired) electrons. The Labute approximate surface area is 703 Å². The molecule has 9 aromatic carbocycles. The van der Waals surface area contributed by atoms with Crippen LogP contribution in [0.15, 0.2) is 97.1 Å². The quantitative estimate of drug-likeness (QED) is 0.0668. The van der Waals surface area contributed by atoms with Crippen LogP contribution in [0.25, 0.3) is 87.6 Å². The van der Waals surface area contributed by atoms with Crippen LogP contribution in [0.2, 0.25) is 0 Å². The van der Waals surface area contributed by atoms with Crippen LogP contribution >= 0.6 is 0 Å². The van der Waals surface area contributed by atoms with Gasteiger partial charge >= 0.3 is 0 Å². The molecule has 0 aliphatic heterocycles. The maximum absolute atomic E-state index is 2.97. The van der Waals surface area contributed by atoms with Crippen molar-refractivity contribution in [1.82, 2.24) is 0 Å². The Bertz CT molecular complexity index is 4110. The summed E-state index contributed by atoms with van der Waals surface area (Å²) in [6.45, 7) is 0. The number of hydrogen-bond donors (Lipinski definition) is 0. The molecule has 0 bridgehead atoms. The first-order valence-corrected chi connectivity index (χ1v) is 51.5. The Hall–Kier alpha value is -5.72. The average molecular weight is 1540 g/mol. The highest BCUT2D eigenvalue weighted by Gasteiger charge is 2.37. The Morgan fingerprint density at radius 1 is 0.129 bits per heavy atom. The van der Waals surface area contributed by atoms with Crippen LogP contribution in [-0.2, 0) is 0 Å². The summed E-state index contributed by atoms with van der Waals surface area (Å²) in [6, 6.07) is 47.3. The van der Waals surface area contributed by atoms with Gasteiger partial charge in [0.2, 0.25) is 0 Å². The maximum atomic E-state index is 2.97. The number of rotatable bonds is 16. The minimum absolute atomic E-state index is 0.619. The average Bonchev–Trinajstić information content (AvgIpc) is 0.695. The highest BCUT2D eigenvalue weighted by Crippen LogP contribution is 2.58. The number of fused-ring (bicyclic) bond motifs is 2. The summed E-state index contributed by atoms with van der Waals surface area (Å²) in [4.78, 5) is 0. The molecule has 0 amide bonds. The van der Waals surface area contributed by atoms with Crippen molar-refractivity contribution in [3.8, 4) is 44.5 Å².